The van der Waals surface area contributed by atoms with Crippen LogP contribution in [0.1, 0.15) is 47.4 Å². The molecule has 4 aromatic rings. The molecule has 0 aliphatic heterocycles. The maximum absolute atomic E-state index is 12.0. The van der Waals surface area contributed by atoms with Gasteiger partial charge in [0.15, 0.2) is 0 Å². The highest BCUT2D eigenvalue weighted by Crippen LogP contribution is 2.36. The predicted octanol–water partition coefficient (Wildman–Crippen LogP) is 5.39. The Labute approximate surface area is 186 Å². The number of carboxylic acid groups (broad SMARTS) is 1. The number of benzene rings is 2. The van der Waals surface area contributed by atoms with Gasteiger partial charge in [-0.25, -0.2) is 4.98 Å². The molecule has 2 aromatic heterocycles. The molecule has 0 saturated heterocycles. The molecule has 1 fully saturated rings. The molecule has 0 amide bonds. The first-order valence-corrected chi connectivity index (χ1v) is 11.1. The molecular formula is C27H26N2O3. The van der Waals surface area contributed by atoms with Gasteiger partial charge in [-0.05, 0) is 66.6 Å². The van der Waals surface area contributed by atoms with Crippen molar-refractivity contribution in [2.24, 2.45) is 5.92 Å². The second-order valence-corrected chi connectivity index (χ2v) is 9.04. The summed E-state index contributed by atoms with van der Waals surface area (Å²) in [5, 5.41) is 12.2. The van der Waals surface area contributed by atoms with E-state index in [1.54, 1.807) is 0 Å². The van der Waals surface area contributed by atoms with Crippen LogP contribution >= 0.6 is 0 Å². The van der Waals surface area contributed by atoms with E-state index in [1.807, 2.05) is 36.5 Å². The zero-order valence-electron chi connectivity index (χ0n) is 18.3. The summed E-state index contributed by atoms with van der Waals surface area (Å²) in [7, 11) is 0. The van der Waals surface area contributed by atoms with Crippen LogP contribution in [0.15, 0.2) is 54.7 Å². The Hall–Kier alpha value is -3.47. The normalized spacial score (nSPS) is 17.3. The number of hydrogen-bond acceptors (Lipinski definition) is 3. The fraction of sp³-hybridized carbons (Fsp3) is 0.296. The molecule has 1 aliphatic carbocycles. The van der Waals surface area contributed by atoms with E-state index in [-0.39, 0.29) is 11.7 Å². The van der Waals surface area contributed by atoms with E-state index in [2.05, 4.69) is 41.6 Å². The second kappa shape index (κ2) is 7.90. The van der Waals surface area contributed by atoms with Gasteiger partial charge in [0.1, 0.15) is 11.4 Å². The summed E-state index contributed by atoms with van der Waals surface area (Å²) in [6.07, 6.45) is 3.34. The lowest BCUT2D eigenvalue weighted by atomic mass is 9.84. The van der Waals surface area contributed by atoms with Gasteiger partial charge in [0.25, 0.3) is 0 Å². The summed E-state index contributed by atoms with van der Waals surface area (Å²) in [4.78, 5) is 28.3. The molecule has 5 nitrogen and oxygen atoms in total. The maximum atomic E-state index is 12.0. The lowest BCUT2D eigenvalue weighted by Crippen LogP contribution is -2.20. The maximum Gasteiger partial charge on any atom is 0.311 e. The van der Waals surface area contributed by atoms with E-state index in [0.717, 1.165) is 27.7 Å². The molecule has 2 heterocycles. The minimum absolute atomic E-state index is 0.113. The van der Waals surface area contributed by atoms with Crippen LogP contribution in [0.3, 0.4) is 0 Å². The van der Waals surface area contributed by atoms with E-state index >= 15 is 0 Å². The molecule has 2 atom stereocenters. The summed E-state index contributed by atoms with van der Waals surface area (Å²) in [5.41, 5.74) is 6.42. The molecule has 1 aliphatic rings. The van der Waals surface area contributed by atoms with Crippen LogP contribution in [0.5, 0.6) is 0 Å². The van der Waals surface area contributed by atoms with Gasteiger partial charge >= 0.3 is 5.97 Å². The molecule has 0 spiro atoms. The van der Waals surface area contributed by atoms with Crippen LogP contribution < -0.4 is 0 Å². The molecule has 1 N–H and O–H groups in total. The minimum Gasteiger partial charge on any atom is -0.481 e. The molecule has 2 aromatic carbocycles. The first-order valence-electron chi connectivity index (χ1n) is 11.1. The lowest BCUT2D eigenvalue weighted by molar-refractivity contribution is -0.140. The fourth-order valence-corrected chi connectivity index (χ4v) is 5.35. The van der Waals surface area contributed by atoms with Gasteiger partial charge in [-0.1, -0.05) is 30.3 Å². The molecule has 162 valence electrons. The Kier molecular flexibility index (Phi) is 5.04. The van der Waals surface area contributed by atoms with Gasteiger partial charge in [-0.2, -0.15) is 0 Å². The molecule has 5 rings (SSSR count). The molecule has 32 heavy (non-hydrogen) atoms. The molecule has 0 bridgehead atoms. The number of carbonyl (C=O) groups is 2. The summed E-state index contributed by atoms with van der Waals surface area (Å²) in [6, 6.07) is 16.3. The van der Waals surface area contributed by atoms with Crippen molar-refractivity contribution in [3.05, 3.63) is 77.0 Å². The Morgan fingerprint density at radius 1 is 1.19 bits per heavy atom. The van der Waals surface area contributed by atoms with Crippen molar-refractivity contribution in [1.29, 1.82) is 0 Å². The summed E-state index contributed by atoms with van der Waals surface area (Å²) < 4.78 is 2.24. The number of carboxylic acids is 1. The monoisotopic (exact) mass is 426 g/mol. The number of hydrogen-bond donors (Lipinski definition) is 1. The number of carbonyl (C=O) groups excluding carboxylic acids is 1. The van der Waals surface area contributed by atoms with E-state index < -0.39 is 11.9 Å². The highest BCUT2D eigenvalue weighted by Gasteiger charge is 2.35. The van der Waals surface area contributed by atoms with Crippen molar-refractivity contribution in [3.8, 4) is 0 Å². The van der Waals surface area contributed by atoms with Crippen molar-refractivity contribution in [3.63, 3.8) is 0 Å². The smallest absolute Gasteiger partial charge is 0.311 e. The van der Waals surface area contributed by atoms with E-state index in [0.29, 0.717) is 25.8 Å². The number of ketones is 1. The third-order valence-electron chi connectivity index (χ3n) is 6.76. The van der Waals surface area contributed by atoms with Crippen molar-refractivity contribution < 1.29 is 14.7 Å². The van der Waals surface area contributed by atoms with Crippen molar-refractivity contribution in [2.75, 3.05) is 0 Å². The van der Waals surface area contributed by atoms with Crippen LogP contribution in [0.4, 0.5) is 0 Å². The van der Waals surface area contributed by atoms with Gasteiger partial charge < -0.3 is 9.67 Å². The molecule has 2 unspecified atom stereocenters. The highest BCUT2D eigenvalue weighted by atomic mass is 16.4. The molecule has 0 radical (unpaired) electrons. The summed E-state index contributed by atoms with van der Waals surface area (Å²) >= 11 is 0. The molecule has 1 saturated carbocycles. The number of aromatic nitrogens is 2. The fourth-order valence-electron chi connectivity index (χ4n) is 5.35. The number of aryl methyl sites for hydroxylation is 2. The average molecular weight is 427 g/mol. The summed E-state index contributed by atoms with van der Waals surface area (Å²) in [5.74, 6) is -1.42. The molecular weight excluding hydrogens is 400 g/mol. The third kappa shape index (κ3) is 3.48. The van der Waals surface area contributed by atoms with E-state index in [1.165, 1.54) is 16.5 Å². The lowest BCUT2D eigenvalue weighted by Gasteiger charge is -2.19. The Bertz CT molecular complexity index is 1350. The Morgan fingerprint density at radius 2 is 1.97 bits per heavy atom. The standard InChI is InChI=1S/C27H26N2O3/c1-16-12-17(2)24-22-4-3-11-28-26(22)29(23(24)13-16)15-18-5-7-19(8-6-18)25(27(31)32)20-9-10-21(30)14-20/h3-8,11-13,20,25H,9-10,14-15H2,1-2H3,(H,31,32). The van der Waals surface area contributed by atoms with Gasteiger partial charge in [-0.15, -0.1) is 0 Å². The second-order valence-electron chi connectivity index (χ2n) is 9.04. The zero-order valence-corrected chi connectivity index (χ0v) is 18.3. The largest absolute Gasteiger partial charge is 0.481 e. The van der Waals surface area contributed by atoms with Crippen LogP contribution in [0, 0.1) is 19.8 Å². The van der Waals surface area contributed by atoms with Crippen LogP contribution in [-0.4, -0.2) is 26.4 Å². The third-order valence-corrected chi connectivity index (χ3v) is 6.76. The number of rotatable bonds is 5. The van der Waals surface area contributed by atoms with Crippen molar-refractivity contribution in [1.82, 2.24) is 9.55 Å². The SMILES string of the molecule is Cc1cc(C)c2c3cccnc3n(Cc3ccc(C(C(=O)O)C4CCC(=O)C4)cc3)c2c1. The van der Waals surface area contributed by atoms with Crippen LogP contribution in [-0.2, 0) is 16.1 Å². The van der Waals surface area contributed by atoms with Gasteiger partial charge in [0, 0.05) is 36.4 Å². The predicted molar refractivity (Wildman–Crippen MR) is 125 cm³/mol. The topological polar surface area (TPSA) is 72.2 Å². The van der Waals surface area contributed by atoms with Crippen LogP contribution in [0.25, 0.3) is 21.9 Å². The summed E-state index contributed by atoms with van der Waals surface area (Å²) in [6.45, 7) is 4.90. The molecule has 5 heteroatoms. The average Bonchev–Trinajstić information content (AvgIpc) is 3.31. The highest BCUT2D eigenvalue weighted by molar-refractivity contribution is 6.08. The number of Topliss-reactive ketones (excluding diaryl/α,β-unsaturated/α-hetero) is 1. The van der Waals surface area contributed by atoms with Gasteiger partial charge in [0.05, 0.1) is 11.4 Å². The Morgan fingerprint density at radius 3 is 2.66 bits per heavy atom. The van der Waals surface area contributed by atoms with Gasteiger partial charge in [0.2, 0.25) is 0 Å². The number of fused-ring (bicyclic) bond motifs is 3. The van der Waals surface area contributed by atoms with E-state index in [4.69, 9.17) is 0 Å². The first kappa shape index (κ1) is 20.4. The van der Waals surface area contributed by atoms with Crippen molar-refractivity contribution >= 4 is 33.7 Å². The van der Waals surface area contributed by atoms with Gasteiger partial charge in [-0.3, -0.25) is 9.59 Å². The Balaban J connectivity index is 1.52. The minimum atomic E-state index is -0.852. The quantitative estimate of drug-likeness (QED) is 0.464. The van der Waals surface area contributed by atoms with E-state index in [9.17, 15) is 14.7 Å². The first-order chi connectivity index (χ1) is 15.4. The van der Waals surface area contributed by atoms with Crippen molar-refractivity contribution in [2.45, 2.75) is 45.6 Å². The zero-order chi connectivity index (χ0) is 22.4. The number of pyridine rings is 1. The number of nitrogens with zero attached hydrogens (tertiary/aromatic N) is 2. The van der Waals surface area contributed by atoms with Crippen LogP contribution in [0.2, 0.25) is 0 Å². The number of aliphatic carboxylic acids is 1.